The van der Waals surface area contributed by atoms with Crippen LogP contribution < -0.4 is 11.1 Å². The Kier molecular flexibility index (Phi) is 7.62. The van der Waals surface area contributed by atoms with Crippen molar-refractivity contribution in [2.75, 3.05) is 13.7 Å². The van der Waals surface area contributed by atoms with E-state index >= 15 is 0 Å². The molecule has 0 aromatic carbocycles. The Labute approximate surface area is 90.4 Å². The predicted molar refractivity (Wildman–Crippen MR) is 57.1 cm³/mol. The summed E-state index contributed by atoms with van der Waals surface area (Å²) in [4.78, 5) is 21.9. The third-order valence-electron chi connectivity index (χ3n) is 1.93. The van der Waals surface area contributed by atoms with Gasteiger partial charge in [-0.05, 0) is 19.8 Å². The molecule has 1 unspecified atom stereocenters. The molecule has 0 saturated heterocycles. The lowest BCUT2D eigenvalue weighted by Crippen LogP contribution is -2.27. The molecule has 5 heteroatoms. The highest BCUT2D eigenvalue weighted by Gasteiger charge is 2.04. The second-order valence-electron chi connectivity index (χ2n) is 3.55. The molecule has 0 bridgehead atoms. The average Bonchev–Trinajstić information content (AvgIpc) is 2.21. The maximum absolute atomic E-state index is 11.2. The highest BCUT2D eigenvalue weighted by molar-refractivity contribution is 5.76. The summed E-state index contributed by atoms with van der Waals surface area (Å²) in [7, 11) is 1.35. The summed E-state index contributed by atoms with van der Waals surface area (Å²) in [6.07, 6.45) is 2.07. The fraction of sp³-hybridized carbons (Fsp3) is 0.800. The van der Waals surface area contributed by atoms with Gasteiger partial charge in [0.1, 0.15) is 0 Å². The number of hydrogen-bond acceptors (Lipinski definition) is 4. The second kappa shape index (κ2) is 8.23. The molecule has 0 spiro atoms. The highest BCUT2D eigenvalue weighted by atomic mass is 16.5. The van der Waals surface area contributed by atoms with E-state index in [9.17, 15) is 9.59 Å². The van der Waals surface area contributed by atoms with Gasteiger partial charge in [-0.15, -0.1) is 0 Å². The van der Waals surface area contributed by atoms with Crippen molar-refractivity contribution in [1.82, 2.24) is 5.32 Å². The Bertz CT molecular complexity index is 205. The first-order chi connectivity index (χ1) is 7.06. The van der Waals surface area contributed by atoms with E-state index in [0.29, 0.717) is 32.2 Å². The van der Waals surface area contributed by atoms with Crippen molar-refractivity contribution in [3.63, 3.8) is 0 Å². The van der Waals surface area contributed by atoms with Gasteiger partial charge in [0, 0.05) is 25.4 Å². The van der Waals surface area contributed by atoms with Gasteiger partial charge in [-0.25, -0.2) is 0 Å². The van der Waals surface area contributed by atoms with E-state index in [2.05, 4.69) is 10.1 Å². The van der Waals surface area contributed by atoms with E-state index in [1.54, 1.807) is 0 Å². The number of nitrogens with one attached hydrogen (secondary N) is 1. The smallest absolute Gasteiger partial charge is 0.305 e. The van der Waals surface area contributed by atoms with Crippen molar-refractivity contribution in [3.8, 4) is 0 Å². The van der Waals surface area contributed by atoms with Gasteiger partial charge in [0.15, 0.2) is 0 Å². The SMILES string of the molecule is COC(=O)CCCNC(=O)CCC(C)N. The van der Waals surface area contributed by atoms with Crippen LogP contribution in [0.1, 0.15) is 32.6 Å². The van der Waals surface area contributed by atoms with Crippen molar-refractivity contribution in [1.29, 1.82) is 0 Å². The molecule has 0 aliphatic rings. The first kappa shape index (κ1) is 13.9. The van der Waals surface area contributed by atoms with Crippen molar-refractivity contribution < 1.29 is 14.3 Å². The molecule has 15 heavy (non-hydrogen) atoms. The third-order valence-corrected chi connectivity index (χ3v) is 1.93. The van der Waals surface area contributed by atoms with Gasteiger partial charge in [0.25, 0.3) is 0 Å². The van der Waals surface area contributed by atoms with E-state index < -0.39 is 0 Å². The fourth-order valence-corrected chi connectivity index (χ4v) is 1.01. The normalized spacial score (nSPS) is 11.9. The maximum Gasteiger partial charge on any atom is 0.305 e. The number of carbonyl (C=O) groups is 2. The summed E-state index contributed by atoms with van der Waals surface area (Å²) in [6.45, 7) is 2.37. The second-order valence-corrected chi connectivity index (χ2v) is 3.55. The average molecular weight is 216 g/mol. The Morgan fingerprint density at radius 3 is 2.60 bits per heavy atom. The molecule has 0 aliphatic heterocycles. The molecule has 0 aromatic rings. The van der Waals surface area contributed by atoms with Gasteiger partial charge in [0.2, 0.25) is 5.91 Å². The summed E-state index contributed by atoms with van der Waals surface area (Å²) < 4.78 is 4.47. The molecular formula is C10H20N2O3. The molecule has 0 rings (SSSR count). The van der Waals surface area contributed by atoms with Crippen LogP contribution in [-0.4, -0.2) is 31.6 Å². The summed E-state index contributed by atoms with van der Waals surface area (Å²) in [5, 5.41) is 2.72. The molecule has 0 heterocycles. The minimum Gasteiger partial charge on any atom is -0.469 e. The van der Waals surface area contributed by atoms with E-state index in [-0.39, 0.29) is 17.9 Å². The topological polar surface area (TPSA) is 81.4 Å². The van der Waals surface area contributed by atoms with Crippen LogP contribution in [0, 0.1) is 0 Å². The molecule has 1 atom stereocenters. The number of amides is 1. The molecule has 0 fully saturated rings. The zero-order chi connectivity index (χ0) is 11.7. The molecule has 88 valence electrons. The van der Waals surface area contributed by atoms with Gasteiger partial charge < -0.3 is 15.8 Å². The van der Waals surface area contributed by atoms with Crippen LogP contribution in [-0.2, 0) is 14.3 Å². The van der Waals surface area contributed by atoms with Crippen LogP contribution in [0.15, 0.2) is 0 Å². The van der Waals surface area contributed by atoms with Crippen molar-refractivity contribution >= 4 is 11.9 Å². The third kappa shape index (κ3) is 9.21. The molecular weight excluding hydrogens is 196 g/mol. The van der Waals surface area contributed by atoms with Gasteiger partial charge in [-0.2, -0.15) is 0 Å². The maximum atomic E-state index is 11.2. The number of esters is 1. The van der Waals surface area contributed by atoms with Crippen LogP contribution in [0.4, 0.5) is 0 Å². The largest absolute Gasteiger partial charge is 0.469 e. The van der Waals surface area contributed by atoms with E-state index in [1.165, 1.54) is 7.11 Å². The highest BCUT2D eigenvalue weighted by Crippen LogP contribution is 1.94. The van der Waals surface area contributed by atoms with E-state index in [4.69, 9.17) is 5.73 Å². The summed E-state index contributed by atoms with van der Waals surface area (Å²) in [6, 6.07) is 0.0471. The van der Waals surface area contributed by atoms with Gasteiger partial charge in [0.05, 0.1) is 7.11 Å². The van der Waals surface area contributed by atoms with Crippen molar-refractivity contribution in [2.24, 2.45) is 5.73 Å². The van der Waals surface area contributed by atoms with Crippen LogP contribution >= 0.6 is 0 Å². The first-order valence-corrected chi connectivity index (χ1v) is 5.15. The first-order valence-electron chi connectivity index (χ1n) is 5.15. The molecule has 0 radical (unpaired) electrons. The van der Waals surface area contributed by atoms with Gasteiger partial charge in [-0.3, -0.25) is 9.59 Å². The molecule has 3 N–H and O–H groups in total. The van der Waals surface area contributed by atoms with E-state index in [1.807, 2.05) is 6.92 Å². The lowest BCUT2D eigenvalue weighted by Gasteiger charge is -2.06. The Balaban J connectivity index is 3.35. The van der Waals surface area contributed by atoms with Crippen LogP contribution in [0.25, 0.3) is 0 Å². The van der Waals surface area contributed by atoms with Gasteiger partial charge in [-0.1, -0.05) is 0 Å². The van der Waals surface area contributed by atoms with Crippen molar-refractivity contribution in [2.45, 2.75) is 38.6 Å². The molecule has 0 aliphatic carbocycles. The van der Waals surface area contributed by atoms with Crippen LogP contribution in [0.5, 0.6) is 0 Å². The zero-order valence-electron chi connectivity index (χ0n) is 9.41. The van der Waals surface area contributed by atoms with Crippen molar-refractivity contribution in [3.05, 3.63) is 0 Å². The number of carbonyl (C=O) groups excluding carboxylic acids is 2. The van der Waals surface area contributed by atoms with Crippen LogP contribution in [0.2, 0.25) is 0 Å². The monoisotopic (exact) mass is 216 g/mol. The molecule has 1 amide bonds. The Morgan fingerprint density at radius 1 is 1.40 bits per heavy atom. The van der Waals surface area contributed by atoms with E-state index in [0.717, 1.165) is 0 Å². The molecule has 0 saturated carbocycles. The molecule has 0 aromatic heterocycles. The molecule has 5 nitrogen and oxygen atoms in total. The fourth-order valence-electron chi connectivity index (χ4n) is 1.01. The number of hydrogen-bond donors (Lipinski definition) is 2. The minimum atomic E-state index is -0.250. The summed E-state index contributed by atoms with van der Waals surface area (Å²) in [5.41, 5.74) is 5.51. The number of nitrogens with two attached hydrogens (primary N) is 1. The lowest BCUT2D eigenvalue weighted by molar-refractivity contribution is -0.140. The predicted octanol–water partition coefficient (Wildman–Crippen LogP) is 0.183. The Morgan fingerprint density at radius 2 is 2.07 bits per heavy atom. The van der Waals surface area contributed by atoms with Gasteiger partial charge >= 0.3 is 5.97 Å². The van der Waals surface area contributed by atoms with Crippen LogP contribution in [0.3, 0.4) is 0 Å². The quantitative estimate of drug-likeness (QED) is 0.470. The standard InChI is InChI=1S/C10H20N2O3/c1-8(11)5-6-9(13)12-7-3-4-10(14)15-2/h8H,3-7,11H2,1-2H3,(H,12,13). The zero-order valence-corrected chi connectivity index (χ0v) is 9.41. The Hall–Kier alpha value is -1.10. The lowest BCUT2D eigenvalue weighted by atomic mass is 10.2. The number of ether oxygens (including phenoxy) is 1. The number of rotatable bonds is 7. The summed E-state index contributed by atoms with van der Waals surface area (Å²) in [5.74, 6) is -0.267. The summed E-state index contributed by atoms with van der Waals surface area (Å²) >= 11 is 0. The number of methoxy groups -OCH3 is 1. The minimum absolute atomic E-state index is 0.0165.